The standard InChI is InChI=1S/C15H12N6OS2/c1-8-2-3-9-10(4-8)24-15(20-9)21-11(22)5-23-14-12-13(17-6-16-12)18-7-19-14/h2-4,6-7H,5H2,1H3,(H,20,21,22)(H,16,17,18,19). The van der Waals surface area contributed by atoms with Gasteiger partial charge in [-0.15, -0.1) is 0 Å². The average molecular weight is 356 g/mol. The molecule has 4 rings (SSSR count). The van der Waals surface area contributed by atoms with Crippen LogP contribution in [-0.4, -0.2) is 36.6 Å². The van der Waals surface area contributed by atoms with Crippen molar-refractivity contribution in [1.82, 2.24) is 24.9 Å². The van der Waals surface area contributed by atoms with Gasteiger partial charge in [0, 0.05) is 0 Å². The third kappa shape index (κ3) is 2.95. The van der Waals surface area contributed by atoms with E-state index < -0.39 is 0 Å². The number of hydrogen-bond donors (Lipinski definition) is 2. The van der Waals surface area contributed by atoms with Gasteiger partial charge in [-0.2, -0.15) is 0 Å². The number of hydrogen-bond acceptors (Lipinski definition) is 7. The van der Waals surface area contributed by atoms with Crippen LogP contribution in [0.4, 0.5) is 5.13 Å². The van der Waals surface area contributed by atoms with E-state index in [0.29, 0.717) is 15.8 Å². The van der Waals surface area contributed by atoms with Crippen LogP contribution in [0.5, 0.6) is 0 Å². The lowest BCUT2D eigenvalue weighted by molar-refractivity contribution is -0.113. The Hall–Kier alpha value is -2.52. The van der Waals surface area contributed by atoms with E-state index >= 15 is 0 Å². The molecule has 1 aromatic carbocycles. The number of H-pyrrole nitrogens is 1. The van der Waals surface area contributed by atoms with Gasteiger partial charge in [0.15, 0.2) is 10.8 Å². The Morgan fingerprint density at radius 2 is 2.25 bits per heavy atom. The number of thiazole rings is 1. The number of benzene rings is 1. The molecule has 9 heteroatoms. The number of aromatic nitrogens is 5. The van der Waals surface area contributed by atoms with Crippen LogP contribution < -0.4 is 5.32 Å². The van der Waals surface area contributed by atoms with Crippen molar-refractivity contribution in [3.05, 3.63) is 36.4 Å². The van der Waals surface area contributed by atoms with E-state index in [-0.39, 0.29) is 11.7 Å². The Balaban J connectivity index is 1.45. The van der Waals surface area contributed by atoms with Crippen molar-refractivity contribution in [3.8, 4) is 0 Å². The Kier molecular flexibility index (Phi) is 3.87. The van der Waals surface area contributed by atoms with Gasteiger partial charge in [-0.25, -0.2) is 19.9 Å². The number of anilines is 1. The molecule has 0 aliphatic rings. The van der Waals surface area contributed by atoms with Crippen LogP contribution in [-0.2, 0) is 4.79 Å². The predicted molar refractivity (Wildman–Crippen MR) is 95.4 cm³/mol. The van der Waals surface area contributed by atoms with Gasteiger partial charge in [0.2, 0.25) is 5.91 Å². The highest BCUT2D eigenvalue weighted by atomic mass is 32.2. The van der Waals surface area contributed by atoms with Crippen molar-refractivity contribution in [3.63, 3.8) is 0 Å². The lowest BCUT2D eigenvalue weighted by Gasteiger charge is -2.02. The second-order valence-electron chi connectivity index (χ2n) is 5.11. The molecule has 0 atom stereocenters. The minimum Gasteiger partial charge on any atom is -0.341 e. The highest BCUT2D eigenvalue weighted by Crippen LogP contribution is 2.27. The van der Waals surface area contributed by atoms with E-state index in [1.54, 1.807) is 6.33 Å². The number of aromatic amines is 1. The summed E-state index contributed by atoms with van der Waals surface area (Å²) >= 11 is 2.80. The van der Waals surface area contributed by atoms with Gasteiger partial charge in [-0.3, -0.25) is 4.79 Å². The zero-order valence-electron chi connectivity index (χ0n) is 12.6. The molecule has 1 amide bonds. The number of nitrogens with one attached hydrogen (secondary N) is 2. The number of nitrogens with zero attached hydrogens (tertiary/aromatic N) is 4. The molecule has 0 unspecified atom stereocenters. The summed E-state index contributed by atoms with van der Waals surface area (Å²) in [5, 5.41) is 4.15. The molecule has 120 valence electrons. The van der Waals surface area contributed by atoms with E-state index in [1.807, 2.05) is 19.1 Å². The van der Waals surface area contributed by atoms with Crippen LogP contribution >= 0.6 is 23.1 Å². The first kappa shape index (κ1) is 15.0. The molecular formula is C15H12N6OS2. The minimum absolute atomic E-state index is 0.123. The van der Waals surface area contributed by atoms with E-state index in [1.165, 1.54) is 35.0 Å². The number of amides is 1. The summed E-state index contributed by atoms with van der Waals surface area (Å²) in [5.41, 5.74) is 3.40. The molecule has 0 bridgehead atoms. The topological polar surface area (TPSA) is 96.5 Å². The zero-order chi connectivity index (χ0) is 16.5. The highest BCUT2D eigenvalue weighted by molar-refractivity contribution is 8.00. The van der Waals surface area contributed by atoms with Gasteiger partial charge in [-0.05, 0) is 24.6 Å². The third-order valence-electron chi connectivity index (χ3n) is 3.32. The van der Waals surface area contributed by atoms with Crippen molar-refractivity contribution < 1.29 is 4.79 Å². The van der Waals surface area contributed by atoms with E-state index in [0.717, 1.165) is 15.7 Å². The van der Waals surface area contributed by atoms with Crippen molar-refractivity contribution in [1.29, 1.82) is 0 Å². The quantitative estimate of drug-likeness (QED) is 0.431. The van der Waals surface area contributed by atoms with Crippen molar-refractivity contribution in [2.75, 3.05) is 11.1 Å². The molecule has 0 spiro atoms. The number of rotatable bonds is 4. The first-order chi connectivity index (χ1) is 11.7. The minimum atomic E-state index is -0.123. The summed E-state index contributed by atoms with van der Waals surface area (Å²) < 4.78 is 1.06. The summed E-state index contributed by atoms with van der Waals surface area (Å²) in [7, 11) is 0. The zero-order valence-corrected chi connectivity index (χ0v) is 14.2. The maximum atomic E-state index is 12.2. The monoisotopic (exact) mass is 356 g/mol. The fourth-order valence-electron chi connectivity index (χ4n) is 2.23. The molecule has 0 radical (unpaired) electrons. The molecular weight excluding hydrogens is 344 g/mol. The molecule has 4 aromatic rings. The number of carbonyl (C=O) groups is 1. The molecule has 0 aliphatic carbocycles. The van der Waals surface area contributed by atoms with Gasteiger partial charge in [0.1, 0.15) is 16.9 Å². The SMILES string of the molecule is Cc1ccc2nc(NC(=O)CSc3ncnc4nc[nH]c34)sc2c1. The number of carbonyl (C=O) groups excluding carboxylic acids is 1. The largest absolute Gasteiger partial charge is 0.341 e. The lowest BCUT2D eigenvalue weighted by atomic mass is 10.2. The van der Waals surface area contributed by atoms with E-state index in [9.17, 15) is 4.79 Å². The van der Waals surface area contributed by atoms with Crippen LogP contribution in [0.1, 0.15) is 5.56 Å². The molecule has 2 N–H and O–H groups in total. The van der Waals surface area contributed by atoms with Gasteiger partial charge >= 0.3 is 0 Å². The van der Waals surface area contributed by atoms with Gasteiger partial charge in [0.25, 0.3) is 0 Å². The van der Waals surface area contributed by atoms with E-state index in [2.05, 4.69) is 36.3 Å². The van der Waals surface area contributed by atoms with E-state index in [4.69, 9.17) is 0 Å². The van der Waals surface area contributed by atoms with Gasteiger partial charge in [0.05, 0.1) is 22.3 Å². The van der Waals surface area contributed by atoms with Crippen LogP contribution in [0.2, 0.25) is 0 Å². The molecule has 0 fully saturated rings. The molecule has 0 aliphatic heterocycles. The Morgan fingerprint density at radius 3 is 3.17 bits per heavy atom. The van der Waals surface area contributed by atoms with Gasteiger partial charge in [-0.1, -0.05) is 29.2 Å². The normalized spacial score (nSPS) is 11.2. The molecule has 3 aromatic heterocycles. The fourth-order valence-corrected chi connectivity index (χ4v) is 3.96. The lowest BCUT2D eigenvalue weighted by Crippen LogP contribution is -2.13. The number of aryl methyl sites for hydroxylation is 1. The summed E-state index contributed by atoms with van der Waals surface area (Å²) in [6.07, 6.45) is 3.01. The number of imidazole rings is 1. The summed E-state index contributed by atoms with van der Waals surface area (Å²) in [6.45, 7) is 2.03. The summed E-state index contributed by atoms with van der Waals surface area (Å²) in [6, 6.07) is 6.03. The molecule has 24 heavy (non-hydrogen) atoms. The van der Waals surface area contributed by atoms with Crippen LogP contribution in [0.25, 0.3) is 21.4 Å². The maximum Gasteiger partial charge on any atom is 0.236 e. The summed E-state index contributed by atoms with van der Waals surface area (Å²) in [4.78, 5) is 31.9. The molecule has 3 heterocycles. The third-order valence-corrected chi connectivity index (χ3v) is 5.24. The second-order valence-corrected chi connectivity index (χ2v) is 7.10. The average Bonchev–Trinajstić information content (AvgIpc) is 3.18. The van der Waals surface area contributed by atoms with Crippen molar-refractivity contribution >= 4 is 55.5 Å². The Labute approximate surface area is 145 Å². The predicted octanol–water partition coefficient (Wildman–Crippen LogP) is 3.00. The van der Waals surface area contributed by atoms with Crippen LogP contribution in [0, 0.1) is 6.92 Å². The summed E-state index contributed by atoms with van der Waals surface area (Å²) in [5.74, 6) is 0.113. The maximum absolute atomic E-state index is 12.2. The fraction of sp³-hybridized carbons (Fsp3) is 0.133. The highest BCUT2D eigenvalue weighted by Gasteiger charge is 2.11. The molecule has 7 nitrogen and oxygen atoms in total. The Bertz CT molecular complexity index is 1040. The van der Waals surface area contributed by atoms with Gasteiger partial charge < -0.3 is 10.3 Å². The van der Waals surface area contributed by atoms with Crippen LogP contribution in [0.3, 0.4) is 0 Å². The second kappa shape index (κ2) is 6.17. The van der Waals surface area contributed by atoms with Crippen LogP contribution in [0.15, 0.2) is 35.9 Å². The number of thioether (sulfide) groups is 1. The smallest absolute Gasteiger partial charge is 0.236 e. The first-order valence-corrected chi connectivity index (χ1v) is 8.93. The molecule has 0 saturated heterocycles. The first-order valence-electron chi connectivity index (χ1n) is 7.13. The molecule has 0 saturated carbocycles. The van der Waals surface area contributed by atoms with Crippen molar-refractivity contribution in [2.45, 2.75) is 11.9 Å². The Morgan fingerprint density at radius 1 is 1.33 bits per heavy atom. The number of fused-ring (bicyclic) bond motifs is 2. The van der Waals surface area contributed by atoms with Crippen molar-refractivity contribution in [2.24, 2.45) is 0 Å².